The molecule has 0 aliphatic rings. The minimum atomic E-state index is -4.36. The van der Waals surface area contributed by atoms with Gasteiger partial charge in [-0.2, -0.15) is 0 Å². The van der Waals surface area contributed by atoms with E-state index >= 15 is 0 Å². The first kappa shape index (κ1) is 36.3. The molecule has 0 aromatic heterocycles. The van der Waals surface area contributed by atoms with Crippen LogP contribution in [0.15, 0.2) is 102 Å². The van der Waals surface area contributed by atoms with Gasteiger partial charge in [0, 0.05) is 30.1 Å². The lowest BCUT2D eigenvalue weighted by Gasteiger charge is -2.34. The molecule has 9 nitrogen and oxygen atoms in total. The lowest BCUT2D eigenvalue weighted by Crippen LogP contribution is -2.54. The summed E-state index contributed by atoms with van der Waals surface area (Å²) in [6.07, 6.45) is 0.924. The standard InChI is InChI=1S/C37H42ClN3O6S/c1-6-27(3)39-37(43)33(22-28-13-8-7-9-14-28)40(24-29-15-11-10-12-26(29)2)36(42)25-41(31-18-16-30(38)17-19-31)48(44,45)32-20-21-34(46-4)35(23-32)47-5/h7-21,23,27,33H,6,22,24-25H2,1-5H3,(H,39,43)/t27-,33+/m1/s1. The smallest absolute Gasteiger partial charge is 0.264 e. The molecular formula is C37H42ClN3O6S. The molecule has 0 saturated carbocycles. The molecule has 48 heavy (non-hydrogen) atoms. The van der Waals surface area contributed by atoms with Crippen LogP contribution in [0.25, 0.3) is 0 Å². The topological polar surface area (TPSA) is 105 Å². The molecule has 4 aromatic carbocycles. The normalized spacial score (nSPS) is 12.5. The van der Waals surface area contributed by atoms with Crippen molar-refractivity contribution in [2.24, 2.45) is 0 Å². The summed E-state index contributed by atoms with van der Waals surface area (Å²) in [6, 6.07) is 26.4. The Balaban J connectivity index is 1.84. The van der Waals surface area contributed by atoms with Gasteiger partial charge in [-0.1, -0.05) is 73.1 Å². The highest BCUT2D eigenvalue weighted by molar-refractivity contribution is 7.92. The van der Waals surface area contributed by atoms with Crippen molar-refractivity contribution < 1.29 is 27.5 Å². The zero-order chi connectivity index (χ0) is 34.8. The summed E-state index contributed by atoms with van der Waals surface area (Å²) < 4.78 is 40.5. The van der Waals surface area contributed by atoms with Crippen LogP contribution in [-0.2, 0) is 32.6 Å². The van der Waals surface area contributed by atoms with Gasteiger partial charge in [-0.3, -0.25) is 13.9 Å². The molecule has 0 aliphatic carbocycles. The van der Waals surface area contributed by atoms with E-state index in [0.29, 0.717) is 17.2 Å². The number of hydrogen-bond donors (Lipinski definition) is 1. The molecule has 0 heterocycles. The number of nitrogens with one attached hydrogen (secondary N) is 1. The first-order chi connectivity index (χ1) is 23.0. The van der Waals surface area contributed by atoms with Crippen molar-refractivity contribution in [1.82, 2.24) is 10.2 Å². The zero-order valence-corrected chi connectivity index (χ0v) is 29.4. The number of hydrogen-bond acceptors (Lipinski definition) is 6. The third kappa shape index (κ3) is 8.87. The molecule has 254 valence electrons. The van der Waals surface area contributed by atoms with Gasteiger partial charge >= 0.3 is 0 Å². The Hall–Kier alpha value is -4.54. The third-order valence-electron chi connectivity index (χ3n) is 8.21. The highest BCUT2D eigenvalue weighted by Crippen LogP contribution is 2.33. The first-order valence-electron chi connectivity index (χ1n) is 15.7. The quantitative estimate of drug-likeness (QED) is 0.154. The van der Waals surface area contributed by atoms with Crippen LogP contribution in [0.2, 0.25) is 5.02 Å². The predicted octanol–water partition coefficient (Wildman–Crippen LogP) is 6.42. The Morgan fingerprint density at radius 2 is 1.52 bits per heavy atom. The zero-order valence-electron chi connectivity index (χ0n) is 27.9. The van der Waals surface area contributed by atoms with Crippen LogP contribution in [0, 0.1) is 6.92 Å². The van der Waals surface area contributed by atoms with E-state index < -0.39 is 28.5 Å². The fraction of sp³-hybridized carbons (Fsp3) is 0.297. The predicted molar refractivity (Wildman–Crippen MR) is 189 cm³/mol. The Morgan fingerprint density at radius 1 is 0.875 bits per heavy atom. The van der Waals surface area contributed by atoms with Crippen LogP contribution in [0.3, 0.4) is 0 Å². The molecule has 4 rings (SSSR count). The van der Waals surface area contributed by atoms with Gasteiger partial charge in [0.2, 0.25) is 11.8 Å². The molecule has 2 amide bonds. The van der Waals surface area contributed by atoms with Crippen molar-refractivity contribution in [3.05, 3.63) is 119 Å². The molecule has 0 unspecified atom stereocenters. The van der Waals surface area contributed by atoms with Crippen LogP contribution >= 0.6 is 11.6 Å². The van der Waals surface area contributed by atoms with E-state index in [-0.39, 0.29) is 41.2 Å². The number of benzene rings is 4. The summed E-state index contributed by atoms with van der Waals surface area (Å²) in [6.45, 7) is 5.30. The molecule has 0 fully saturated rings. The van der Waals surface area contributed by atoms with Crippen LogP contribution in [0.1, 0.15) is 37.0 Å². The molecule has 0 aliphatic heterocycles. The molecule has 1 N–H and O–H groups in total. The monoisotopic (exact) mass is 691 g/mol. The third-order valence-corrected chi connectivity index (χ3v) is 10.2. The summed E-state index contributed by atoms with van der Waals surface area (Å²) in [5, 5.41) is 3.45. The largest absolute Gasteiger partial charge is 0.493 e. The van der Waals surface area contributed by atoms with Crippen LogP contribution in [0.4, 0.5) is 5.69 Å². The van der Waals surface area contributed by atoms with E-state index in [9.17, 15) is 18.0 Å². The van der Waals surface area contributed by atoms with E-state index in [2.05, 4.69) is 5.32 Å². The summed E-state index contributed by atoms with van der Waals surface area (Å²) >= 11 is 6.17. The number of sulfonamides is 1. The minimum Gasteiger partial charge on any atom is -0.493 e. The van der Waals surface area contributed by atoms with E-state index in [1.807, 2.05) is 75.4 Å². The second kappa shape index (κ2) is 16.5. The van der Waals surface area contributed by atoms with Crippen molar-refractivity contribution in [1.29, 1.82) is 0 Å². The number of carbonyl (C=O) groups excluding carboxylic acids is 2. The van der Waals surface area contributed by atoms with Crippen LogP contribution < -0.4 is 19.1 Å². The number of methoxy groups -OCH3 is 2. The van der Waals surface area contributed by atoms with Gasteiger partial charge in [0.15, 0.2) is 11.5 Å². The molecule has 2 atom stereocenters. The number of ether oxygens (including phenoxy) is 2. The van der Waals surface area contributed by atoms with Crippen molar-refractivity contribution in [2.75, 3.05) is 25.1 Å². The fourth-order valence-electron chi connectivity index (χ4n) is 5.21. The Morgan fingerprint density at radius 3 is 2.15 bits per heavy atom. The lowest BCUT2D eigenvalue weighted by molar-refractivity contribution is -0.140. The molecule has 0 spiro atoms. The molecule has 0 saturated heterocycles. The maximum atomic E-state index is 14.7. The highest BCUT2D eigenvalue weighted by Gasteiger charge is 2.35. The summed E-state index contributed by atoms with van der Waals surface area (Å²) in [7, 11) is -1.49. The maximum absolute atomic E-state index is 14.7. The number of nitrogens with zero attached hydrogens (tertiary/aromatic N) is 2. The molecule has 0 radical (unpaired) electrons. The average molecular weight is 692 g/mol. The molecule has 11 heteroatoms. The second-order valence-electron chi connectivity index (χ2n) is 11.5. The van der Waals surface area contributed by atoms with E-state index in [4.69, 9.17) is 21.1 Å². The average Bonchev–Trinajstić information content (AvgIpc) is 3.09. The fourth-order valence-corrected chi connectivity index (χ4v) is 6.76. The second-order valence-corrected chi connectivity index (χ2v) is 13.8. The first-order valence-corrected chi connectivity index (χ1v) is 17.5. The van der Waals surface area contributed by atoms with E-state index in [1.165, 1.54) is 49.5 Å². The van der Waals surface area contributed by atoms with Gasteiger partial charge in [0.1, 0.15) is 12.6 Å². The Kier molecular flexibility index (Phi) is 12.5. The Labute approximate surface area is 288 Å². The number of halogens is 1. The number of amides is 2. The Bertz CT molecular complexity index is 1800. The van der Waals surface area contributed by atoms with Crippen LogP contribution in [-0.4, -0.2) is 58.0 Å². The molecule has 0 bridgehead atoms. The SMILES string of the molecule is CC[C@@H](C)NC(=O)[C@H](Cc1ccccc1)N(Cc1ccccc1C)C(=O)CN(c1ccc(Cl)cc1)S(=O)(=O)c1ccc(OC)c(OC)c1. The van der Waals surface area contributed by atoms with Gasteiger partial charge in [-0.15, -0.1) is 0 Å². The van der Waals surface area contributed by atoms with Crippen molar-refractivity contribution in [3.63, 3.8) is 0 Å². The van der Waals surface area contributed by atoms with Crippen molar-refractivity contribution in [2.45, 2.75) is 57.1 Å². The molecule has 4 aromatic rings. The van der Waals surface area contributed by atoms with E-state index in [1.54, 1.807) is 12.1 Å². The lowest BCUT2D eigenvalue weighted by atomic mass is 10.0. The maximum Gasteiger partial charge on any atom is 0.264 e. The van der Waals surface area contributed by atoms with E-state index in [0.717, 1.165) is 21.0 Å². The number of anilines is 1. The van der Waals surface area contributed by atoms with Gasteiger partial charge < -0.3 is 19.7 Å². The summed E-state index contributed by atoms with van der Waals surface area (Å²) in [4.78, 5) is 30.1. The number of rotatable bonds is 15. The van der Waals surface area contributed by atoms with Crippen molar-refractivity contribution in [3.8, 4) is 11.5 Å². The highest BCUT2D eigenvalue weighted by atomic mass is 35.5. The minimum absolute atomic E-state index is 0.0851. The van der Waals surface area contributed by atoms with Crippen molar-refractivity contribution >= 4 is 39.1 Å². The number of carbonyl (C=O) groups is 2. The molecular weight excluding hydrogens is 650 g/mol. The van der Waals surface area contributed by atoms with Crippen LogP contribution in [0.5, 0.6) is 11.5 Å². The van der Waals surface area contributed by atoms with Gasteiger partial charge in [-0.25, -0.2) is 8.42 Å². The van der Waals surface area contributed by atoms with Gasteiger partial charge in [0.05, 0.1) is 24.8 Å². The van der Waals surface area contributed by atoms with Gasteiger partial charge in [0.25, 0.3) is 10.0 Å². The summed E-state index contributed by atoms with van der Waals surface area (Å²) in [5.41, 5.74) is 2.85. The number of aryl methyl sites for hydroxylation is 1. The summed E-state index contributed by atoms with van der Waals surface area (Å²) in [5.74, 6) is -0.314. The van der Waals surface area contributed by atoms with Gasteiger partial charge in [-0.05, 0) is 73.4 Å².